The SMILES string of the molecule is Cc1cccc(-c2nc(C(C)C)no2)c1NC(=O)c1ccc(NC(=O)C(C)C)cc1. The second-order valence-corrected chi connectivity index (χ2v) is 7.79. The van der Waals surface area contributed by atoms with E-state index >= 15 is 0 Å². The molecule has 0 spiro atoms. The van der Waals surface area contributed by atoms with Crippen LogP contribution in [0.4, 0.5) is 11.4 Å². The van der Waals surface area contributed by atoms with E-state index in [2.05, 4.69) is 20.8 Å². The Morgan fingerprint density at radius 3 is 2.27 bits per heavy atom. The van der Waals surface area contributed by atoms with Gasteiger partial charge in [-0.15, -0.1) is 0 Å². The third kappa shape index (κ3) is 4.74. The summed E-state index contributed by atoms with van der Waals surface area (Å²) in [5.74, 6) is 0.661. The number of aryl methyl sites for hydroxylation is 1. The van der Waals surface area contributed by atoms with Gasteiger partial charge in [-0.1, -0.05) is 45.0 Å². The molecular weight excluding hydrogens is 380 g/mol. The summed E-state index contributed by atoms with van der Waals surface area (Å²) in [6.45, 7) is 9.53. The lowest BCUT2D eigenvalue weighted by Crippen LogP contribution is -2.18. The maximum Gasteiger partial charge on any atom is 0.260 e. The molecule has 156 valence electrons. The highest BCUT2D eigenvalue weighted by Crippen LogP contribution is 2.31. The van der Waals surface area contributed by atoms with Gasteiger partial charge < -0.3 is 15.2 Å². The smallest absolute Gasteiger partial charge is 0.260 e. The highest BCUT2D eigenvalue weighted by molar-refractivity contribution is 6.06. The minimum absolute atomic E-state index is 0.0722. The van der Waals surface area contributed by atoms with Gasteiger partial charge in [0.05, 0.1) is 11.3 Å². The second kappa shape index (κ2) is 8.90. The third-order valence-electron chi connectivity index (χ3n) is 4.64. The van der Waals surface area contributed by atoms with E-state index in [1.807, 2.05) is 52.8 Å². The number of hydrogen-bond donors (Lipinski definition) is 2. The summed E-state index contributed by atoms with van der Waals surface area (Å²) < 4.78 is 5.41. The maximum absolute atomic E-state index is 12.8. The number of carbonyl (C=O) groups is 2. The molecule has 0 atom stereocenters. The molecule has 2 aromatic carbocycles. The van der Waals surface area contributed by atoms with Crippen LogP contribution in [0.2, 0.25) is 0 Å². The van der Waals surface area contributed by atoms with Gasteiger partial charge in [-0.25, -0.2) is 0 Å². The first-order valence-corrected chi connectivity index (χ1v) is 9.92. The molecule has 0 unspecified atom stereocenters. The molecule has 0 bridgehead atoms. The van der Waals surface area contributed by atoms with Gasteiger partial charge in [-0.2, -0.15) is 4.98 Å². The van der Waals surface area contributed by atoms with Gasteiger partial charge in [0.15, 0.2) is 5.82 Å². The summed E-state index contributed by atoms with van der Waals surface area (Å²) in [5, 5.41) is 9.78. The number of hydrogen-bond acceptors (Lipinski definition) is 5. The molecule has 0 radical (unpaired) electrons. The van der Waals surface area contributed by atoms with Crippen LogP contribution in [0.3, 0.4) is 0 Å². The van der Waals surface area contributed by atoms with Gasteiger partial charge in [0.25, 0.3) is 11.8 Å². The first kappa shape index (κ1) is 21.2. The molecule has 3 aromatic rings. The second-order valence-electron chi connectivity index (χ2n) is 7.79. The number of aromatic nitrogens is 2. The molecule has 7 heteroatoms. The van der Waals surface area contributed by atoms with Crippen LogP contribution >= 0.6 is 0 Å². The molecule has 0 aliphatic heterocycles. The minimum Gasteiger partial charge on any atom is -0.334 e. The molecule has 7 nitrogen and oxygen atoms in total. The van der Waals surface area contributed by atoms with E-state index in [-0.39, 0.29) is 23.7 Å². The molecule has 0 saturated heterocycles. The van der Waals surface area contributed by atoms with Crippen LogP contribution < -0.4 is 10.6 Å². The zero-order valence-corrected chi connectivity index (χ0v) is 17.8. The van der Waals surface area contributed by atoms with Crippen molar-refractivity contribution in [1.29, 1.82) is 0 Å². The Morgan fingerprint density at radius 2 is 1.67 bits per heavy atom. The first-order chi connectivity index (χ1) is 14.3. The molecule has 0 saturated carbocycles. The Morgan fingerprint density at radius 1 is 0.967 bits per heavy atom. The standard InChI is InChI=1S/C23H26N4O3/c1-13(2)20-26-23(30-27-20)18-8-6-7-15(5)19(18)25-22(29)16-9-11-17(12-10-16)24-21(28)14(3)4/h6-14H,1-5H3,(H,24,28)(H,25,29). The summed E-state index contributed by atoms with van der Waals surface area (Å²) in [6.07, 6.45) is 0. The van der Waals surface area contributed by atoms with Crippen molar-refractivity contribution < 1.29 is 14.1 Å². The summed E-state index contributed by atoms with van der Waals surface area (Å²) in [6, 6.07) is 12.4. The minimum atomic E-state index is -0.268. The molecular formula is C23H26N4O3. The molecule has 1 aromatic heterocycles. The fourth-order valence-corrected chi connectivity index (χ4v) is 2.77. The van der Waals surface area contributed by atoms with E-state index < -0.39 is 0 Å². The summed E-state index contributed by atoms with van der Waals surface area (Å²) in [5.41, 5.74) is 3.29. The van der Waals surface area contributed by atoms with Crippen LogP contribution in [0.15, 0.2) is 47.0 Å². The highest BCUT2D eigenvalue weighted by atomic mass is 16.5. The number of benzene rings is 2. The fourth-order valence-electron chi connectivity index (χ4n) is 2.77. The Bertz CT molecular complexity index is 1050. The van der Waals surface area contributed by atoms with E-state index in [0.717, 1.165) is 5.56 Å². The van der Waals surface area contributed by atoms with Gasteiger partial charge >= 0.3 is 0 Å². The number of amides is 2. The van der Waals surface area contributed by atoms with Gasteiger partial charge in [-0.05, 0) is 42.8 Å². The van der Waals surface area contributed by atoms with Crippen molar-refractivity contribution in [3.05, 3.63) is 59.4 Å². The van der Waals surface area contributed by atoms with Crippen molar-refractivity contribution in [1.82, 2.24) is 10.1 Å². The fraction of sp³-hybridized carbons (Fsp3) is 0.304. The first-order valence-electron chi connectivity index (χ1n) is 9.92. The quantitative estimate of drug-likeness (QED) is 0.599. The molecule has 0 aliphatic rings. The lowest BCUT2D eigenvalue weighted by atomic mass is 10.1. The van der Waals surface area contributed by atoms with Crippen molar-refractivity contribution in [3.8, 4) is 11.5 Å². The molecule has 0 fully saturated rings. The number of para-hydroxylation sites is 1. The number of carbonyl (C=O) groups excluding carboxylic acids is 2. The number of nitrogens with one attached hydrogen (secondary N) is 2. The normalized spacial score (nSPS) is 11.0. The van der Waals surface area contributed by atoms with E-state index in [4.69, 9.17) is 4.52 Å². The Balaban J connectivity index is 1.82. The number of nitrogens with zero attached hydrogens (tertiary/aromatic N) is 2. The number of anilines is 2. The molecule has 0 aliphatic carbocycles. The topological polar surface area (TPSA) is 97.1 Å². The van der Waals surface area contributed by atoms with Crippen LogP contribution in [0, 0.1) is 12.8 Å². The van der Waals surface area contributed by atoms with Gasteiger partial charge in [0, 0.05) is 23.1 Å². The Hall–Kier alpha value is -3.48. The van der Waals surface area contributed by atoms with Crippen molar-refractivity contribution in [2.24, 2.45) is 5.92 Å². The summed E-state index contributed by atoms with van der Waals surface area (Å²) in [7, 11) is 0. The van der Waals surface area contributed by atoms with Crippen molar-refractivity contribution in [2.75, 3.05) is 10.6 Å². The van der Waals surface area contributed by atoms with E-state index in [9.17, 15) is 9.59 Å². The highest BCUT2D eigenvalue weighted by Gasteiger charge is 2.18. The monoisotopic (exact) mass is 406 g/mol. The van der Waals surface area contributed by atoms with Crippen molar-refractivity contribution in [2.45, 2.75) is 40.5 Å². The summed E-state index contributed by atoms with van der Waals surface area (Å²) in [4.78, 5) is 29.1. The van der Waals surface area contributed by atoms with Gasteiger partial charge in [0.2, 0.25) is 5.91 Å². The van der Waals surface area contributed by atoms with E-state index in [1.54, 1.807) is 24.3 Å². The molecule has 1 heterocycles. The van der Waals surface area contributed by atoms with Crippen LogP contribution in [-0.4, -0.2) is 22.0 Å². The largest absolute Gasteiger partial charge is 0.334 e. The molecule has 2 N–H and O–H groups in total. The zero-order chi connectivity index (χ0) is 21.8. The van der Waals surface area contributed by atoms with Crippen LogP contribution in [0.5, 0.6) is 0 Å². The van der Waals surface area contributed by atoms with E-state index in [1.165, 1.54) is 0 Å². The molecule has 2 amide bonds. The lowest BCUT2D eigenvalue weighted by Gasteiger charge is -2.12. The lowest BCUT2D eigenvalue weighted by molar-refractivity contribution is -0.118. The zero-order valence-electron chi connectivity index (χ0n) is 17.8. The number of rotatable bonds is 6. The Labute approximate surface area is 175 Å². The third-order valence-corrected chi connectivity index (χ3v) is 4.64. The van der Waals surface area contributed by atoms with Crippen molar-refractivity contribution in [3.63, 3.8) is 0 Å². The maximum atomic E-state index is 12.8. The van der Waals surface area contributed by atoms with Crippen molar-refractivity contribution >= 4 is 23.2 Å². The predicted molar refractivity (Wildman–Crippen MR) is 116 cm³/mol. The van der Waals surface area contributed by atoms with Gasteiger partial charge in [-0.3, -0.25) is 9.59 Å². The molecule has 3 rings (SSSR count). The van der Waals surface area contributed by atoms with E-state index in [0.29, 0.717) is 34.2 Å². The average molecular weight is 406 g/mol. The van der Waals surface area contributed by atoms with Gasteiger partial charge in [0.1, 0.15) is 0 Å². The summed E-state index contributed by atoms with van der Waals surface area (Å²) >= 11 is 0. The molecule has 30 heavy (non-hydrogen) atoms. The predicted octanol–water partition coefficient (Wildman–Crippen LogP) is 5.02. The Kier molecular flexibility index (Phi) is 6.30. The average Bonchev–Trinajstić information content (AvgIpc) is 3.20. The van der Waals surface area contributed by atoms with Crippen LogP contribution in [-0.2, 0) is 4.79 Å². The van der Waals surface area contributed by atoms with Crippen LogP contribution in [0.1, 0.15) is 55.4 Å². The van der Waals surface area contributed by atoms with Crippen LogP contribution in [0.25, 0.3) is 11.5 Å².